The zero-order chi connectivity index (χ0) is 32.8. The number of nitrogens with one attached hydrogen (secondary N) is 1. The summed E-state index contributed by atoms with van der Waals surface area (Å²) in [5, 5.41) is 18.6. The number of aromatic nitrogens is 1. The quantitative estimate of drug-likeness (QED) is 0.366. The van der Waals surface area contributed by atoms with Crippen LogP contribution in [0.4, 0.5) is 23.2 Å². The third-order valence-corrected chi connectivity index (χ3v) is 7.90. The largest absolute Gasteiger partial charge is 0.542 e. The van der Waals surface area contributed by atoms with Crippen molar-refractivity contribution in [2.24, 2.45) is 5.41 Å². The number of alkyl halides is 3. The Morgan fingerprint density at radius 3 is 2.13 bits per heavy atom. The molecule has 9 nitrogen and oxygen atoms in total. The topological polar surface area (TPSA) is 116 Å². The lowest BCUT2D eigenvalue weighted by Gasteiger charge is -2.36. The second-order valence-electron chi connectivity index (χ2n) is 11.1. The number of halogens is 4. The zero-order valence-electron chi connectivity index (χ0n) is 25.0. The number of carbonyl (C=O) groups is 2. The van der Waals surface area contributed by atoms with Crippen LogP contribution in [0.1, 0.15) is 38.7 Å². The molecule has 2 saturated heterocycles. The fourth-order valence-electron chi connectivity index (χ4n) is 5.81. The van der Waals surface area contributed by atoms with Crippen molar-refractivity contribution in [2.45, 2.75) is 45.8 Å². The van der Waals surface area contributed by atoms with Crippen LogP contribution in [0.5, 0.6) is 17.2 Å². The molecule has 1 aromatic heterocycles. The smallest absolute Gasteiger partial charge is 0.430 e. The Morgan fingerprint density at radius 1 is 1.04 bits per heavy atom. The van der Waals surface area contributed by atoms with Gasteiger partial charge in [0.05, 0.1) is 49.9 Å². The van der Waals surface area contributed by atoms with Gasteiger partial charge < -0.3 is 34.3 Å². The lowest BCUT2D eigenvalue weighted by atomic mass is 9.77. The molecule has 3 aromatic rings. The summed E-state index contributed by atoms with van der Waals surface area (Å²) >= 11 is 0. The number of carboxylic acid groups (broad SMARTS) is 1. The third kappa shape index (κ3) is 8.41. The standard InChI is InChI=1S/C30H34FN3O4.C2HF3O2/c1-3-37-26-13-21(14-27(38-4-2)29(26)22-5-7-23(31)8-6-22)19-33-11-9-30(10-12-33)16-28(36)34(20-30)24-15-25(35)18-32-17-24;3-2(4,5)1(6)7/h5-8,13-15,17-18,35H,3-4,9-12,16,19-20H2,1-2H3;(H,6,7). The fourth-order valence-corrected chi connectivity index (χ4v) is 5.81. The summed E-state index contributed by atoms with van der Waals surface area (Å²) in [5.41, 5.74) is 3.45. The number of amides is 1. The van der Waals surface area contributed by atoms with Gasteiger partial charge in [0.1, 0.15) is 35.6 Å². The summed E-state index contributed by atoms with van der Waals surface area (Å²) in [4.78, 5) is 28.9. The highest BCUT2D eigenvalue weighted by molar-refractivity contribution is 5.96. The molecule has 0 aliphatic carbocycles. The number of anilines is 1. The van der Waals surface area contributed by atoms with E-state index in [0.29, 0.717) is 31.9 Å². The molecule has 0 saturated carbocycles. The number of ether oxygens (including phenoxy) is 2. The van der Waals surface area contributed by atoms with E-state index in [4.69, 9.17) is 19.4 Å². The van der Waals surface area contributed by atoms with Crippen molar-refractivity contribution >= 4 is 17.6 Å². The van der Waals surface area contributed by atoms with Crippen molar-refractivity contribution in [3.63, 3.8) is 0 Å². The highest BCUT2D eigenvalue weighted by atomic mass is 19.4. The van der Waals surface area contributed by atoms with E-state index in [1.54, 1.807) is 29.3 Å². The third-order valence-electron chi connectivity index (χ3n) is 7.90. The van der Waals surface area contributed by atoms with Crippen LogP contribution in [-0.4, -0.2) is 61.0 Å². The molecule has 2 aliphatic heterocycles. The van der Waals surface area contributed by atoms with Crippen molar-refractivity contribution in [3.05, 3.63) is 66.2 Å². The summed E-state index contributed by atoms with van der Waals surface area (Å²) in [5.74, 6) is -1.64. The predicted molar refractivity (Wildman–Crippen MR) is 154 cm³/mol. The van der Waals surface area contributed by atoms with E-state index in [0.717, 1.165) is 60.7 Å². The first-order valence-corrected chi connectivity index (χ1v) is 14.6. The molecule has 2 aromatic carbocycles. The van der Waals surface area contributed by atoms with Gasteiger partial charge in [-0.15, -0.1) is 0 Å². The summed E-state index contributed by atoms with van der Waals surface area (Å²) in [6, 6.07) is 12.2. The van der Waals surface area contributed by atoms with Gasteiger partial charge in [0.15, 0.2) is 0 Å². The van der Waals surface area contributed by atoms with E-state index in [1.165, 1.54) is 23.2 Å². The molecule has 2 aliphatic rings. The average molecular weight is 634 g/mol. The molecule has 3 heterocycles. The van der Waals surface area contributed by atoms with Gasteiger partial charge in [-0.3, -0.25) is 9.78 Å². The first-order chi connectivity index (χ1) is 21.3. The minimum atomic E-state index is -5.19. The summed E-state index contributed by atoms with van der Waals surface area (Å²) < 4.78 is 57.2. The number of carbonyl (C=O) groups excluding carboxylic acids is 2. The molecule has 45 heavy (non-hydrogen) atoms. The van der Waals surface area contributed by atoms with Crippen molar-refractivity contribution in [1.29, 1.82) is 0 Å². The van der Waals surface area contributed by atoms with Crippen molar-refractivity contribution in [1.82, 2.24) is 4.98 Å². The summed E-state index contributed by atoms with van der Waals surface area (Å²) in [6.07, 6.45) is 0.272. The molecule has 2 fully saturated rings. The molecule has 1 spiro atoms. The van der Waals surface area contributed by atoms with E-state index in [1.807, 2.05) is 13.8 Å². The monoisotopic (exact) mass is 633 g/mol. The Kier molecular flexibility index (Phi) is 10.5. The number of likely N-dealkylation sites (tertiary alicyclic amines) is 1. The number of aromatic hydroxyl groups is 1. The molecule has 0 bridgehead atoms. The van der Waals surface area contributed by atoms with Crippen LogP contribution in [-0.2, 0) is 16.1 Å². The average Bonchev–Trinajstić information content (AvgIpc) is 3.30. The minimum absolute atomic E-state index is 0.0363. The van der Waals surface area contributed by atoms with Gasteiger partial charge in [-0.2, -0.15) is 13.2 Å². The van der Waals surface area contributed by atoms with Crippen molar-refractivity contribution in [2.75, 3.05) is 37.7 Å². The van der Waals surface area contributed by atoms with Gasteiger partial charge in [0, 0.05) is 42.9 Å². The Labute approximate surface area is 258 Å². The van der Waals surface area contributed by atoms with Crippen LogP contribution in [0.25, 0.3) is 11.1 Å². The Hall–Kier alpha value is -4.39. The lowest BCUT2D eigenvalue weighted by molar-refractivity contribution is -0.921. The van der Waals surface area contributed by atoms with Gasteiger partial charge in [0.25, 0.3) is 0 Å². The van der Waals surface area contributed by atoms with Gasteiger partial charge in [-0.1, -0.05) is 12.1 Å². The van der Waals surface area contributed by atoms with Crippen LogP contribution in [0, 0.1) is 11.2 Å². The van der Waals surface area contributed by atoms with E-state index >= 15 is 0 Å². The van der Waals surface area contributed by atoms with Crippen LogP contribution in [0.3, 0.4) is 0 Å². The van der Waals surface area contributed by atoms with Crippen LogP contribution < -0.4 is 24.4 Å². The Balaban J connectivity index is 0.000000591. The number of aliphatic carboxylic acids is 1. The molecular weight excluding hydrogens is 598 g/mol. The maximum atomic E-state index is 13.6. The van der Waals surface area contributed by atoms with Crippen molar-refractivity contribution in [3.8, 4) is 28.4 Å². The van der Waals surface area contributed by atoms with E-state index in [2.05, 4.69) is 17.1 Å². The number of quaternary nitrogens is 1. The van der Waals surface area contributed by atoms with Gasteiger partial charge in [-0.05, 0) is 43.7 Å². The molecule has 0 atom stereocenters. The first-order valence-electron chi connectivity index (χ1n) is 14.6. The maximum Gasteiger partial charge on any atom is 0.430 e. The molecule has 1 amide bonds. The molecule has 13 heteroatoms. The summed E-state index contributed by atoms with van der Waals surface area (Å²) in [7, 11) is 0. The Bertz CT molecular complexity index is 1460. The molecule has 0 unspecified atom stereocenters. The molecule has 0 radical (unpaired) electrons. The van der Waals surface area contributed by atoms with Gasteiger partial charge >= 0.3 is 6.18 Å². The van der Waals surface area contributed by atoms with E-state index in [9.17, 15) is 27.5 Å². The lowest BCUT2D eigenvalue weighted by Crippen LogP contribution is -3.12. The first kappa shape index (κ1) is 33.5. The normalized spacial score (nSPS) is 19.6. The fraction of sp³-hybridized carbons (Fsp3) is 0.406. The number of rotatable bonds is 8. The second kappa shape index (κ2) is 14.1. The maximum absolute atomic E-state index is 13.6. The van der Waals surface area contributed by atoms with E-state index < -0.39 is 12.1 Å². The number of pyridine rings is 1. The molecular formula is C32H35F4N3O6. The summed E-state index contributed by atoms with van der Waals surface area (Å²) in [6.45, 7) is 8.36. The Morgan fingerprint density at radius 2 is 1.62 bits per heavy atom. The van der Waals surface area contributed by atoms with Crippen LogP contribution in [0.2, 0.25) is 0 Å². The van der Waals surface area contributed by atoms with E-state index in [-0.39, 0.29) is 22.9 Å². The minimum Gasteiger partial charge on any atom is -0.542 e. The second-order valence-corrected chi connectivity index (χ2v) is 11.1. The molecule has 242 valence electrons. The number of carboxylic acids is 1. The van der Waals surface area contributed by atoms with Crippen LogP contribution >= 0.6 is 0 Å². The number of benzene rings is 2. The van der Waals surface area contributed by atoms with Crippen LogP contribution in [0.15, 0.2) is 54.9 Å². The number of hydrogen-bond donors (Lipinski definition) is 2. The predicted octanol–water partition coefficient (Wildman–Crippen LogP) is 3.29. The van der Waals surface area contributed by atoms with Gasteiger partial charge in [-0.25, -0.2) is 4.39 Å². The SMILES string of the molecule is CCOc1cc(C[NH+]2CCC3(CC2)CC(=O)N(c2cncc(O)c2)C3)cc(OCC)c1-c1ccc(F)cc1.O=C([O-])C(F)(F)F. The highest BCUT2D eigenvalue weighted by Crippen LogP contribution is 2.42. The molecule has 2 N–H and O–H groups in total. The number of piperidine rings is 1. The zero-order valence-corrected chi connectivity index (χ0v) is 25.0. The van der Waals surface area contributed by atoms with Gasteiger partial charge in [0.2, 0.25) is 5.91 Å². The van der Waals surface area contributed by atoms with Crippen molar-refractivity contribution < 1.29 is 51.7 Å². The number of hydrogen-bond acceptors (Lipinski definition) is 7. The molecule has 5 rings (SSSR count). The highest BCUT2D eigenvalue weighted by Gasteiger charge is 2.46. The number of nitrogens with zero attached hydrogens (tertiary/aromatic N) is 2.